The Labute approximate surface area is 146 Å². The first-order valence-corrected chi connectivity index (χ1v) is 8.59. The van der Waals surface area contributed by atoms with Crippen molar-refractivity contribution in [3.05, 3.63) is 48.3 Å². The van der Waals surface area contributed by atoms with E-state index < -0.39 is 0 Å². The molecular formula is C18H19N3O2S. The third-order valence-electron chi connectivity index (χ3n) is 4.40. The normalized spacial score (nSPS) is 19.2. The Kier molecular flexibility index (Phi) is 4.21. The highest BCUT2D eigenvalue weighted by Crippen LogP contribution is 2.34. The summed E-state index contributed by atoms with van der Waals surface area (Å²) in [6, 6.07) is 10.3. The third kappa shape index (κ3) is 3.01. The zero-order chi connectivity index (χ0) is 16.4. The Morgan fingerprint density at radius 2 is 1.92 bits per heavy atom. The molecule has 2 aromatic rings. The fraction of sp³-hybridized carbons (Fsp3) is 0.333. The van der Waals surface area contributed by atoms with Crippen LogP contribution in [0.5, 0.6) is 11.5 Å². The lowest BCUT2D eigenvalue weighted by Crippen LogP contribution is -2.34. The van der Waals surface area contributed by atoms with Gasteiger partial charge in [0, 0.05) is 30.7 Å². The maximum absolute atomic E-state index is 5.65. The largest absolute Gasteiger partial charge is 0.486 e. The average molecular weight is 341 g/mol. The molecule has 2 aliphatic rings. The number of aromatic nitrogens is 1. The van der Waals surface area contributed by atoms with Gasteiger partial charge in [-0.15, -0.1) is 0 Å². The molecule has 1 aromatic carbocycles. The van der Waals surface area contributed by atoms with Gasteiger partial charge in [-0.1, -0.05) is 0 Å². The van der Waals surface area contributed by atoms with Gasteiger partial charge < -0.3 is 19.7 Å². The second-order valence-electron chi connectivity index (χ2n) is 5.92. The highest BCUT2D eigenvalue weighted by atomic mass is 32.1. The molecule has 24 heavy (non-hydrogen) atoms. The van der Waals surface area contributed by atoms with E-state index in [-0.39, 0.29) is 0 Å². The molecule has 6 heteroatoms. The number of thiocarbonyl (C=S) groups is 1. The van der Waals surface area contributed by atoms with E-state index in [9.17, 15) is 0 Å². The molecule has 1 atom stereocenters. The number of fused-ring (bicyclic) bond motifs is 1. The molecule has 0 spiro atoms. The number of hydrogen-bond acceptors (Lipinski definition) is 4. The molecule has 124 valence electrons. The summed E-state index contributed by atoms with van der Waals surface area (Å²) in [5, 5.41) is 4.08. The van der Waals surface area contributed by atoms with Gasteiger partial charge in [0.25, 0.3) is 0 Å². The van der Waals surface area contributed by atoms with Crippen LogP contribution >= 0.6 is 12.2 Å². The Morgan fingerprint density at radius 1 is 1.12 bits per heavy atom. The van der Waals surface area contributed by atoms with E-state index in [1.807, 2.05) is 30.6 Å². The smallest absolute Gasteiger partial charge is 0.173 e. The number of nitrogens with one attached hydrogen (secondary N) is 1. The van der Waals surface area contributed by atoms with Crippen LogP contribution in [0.15, 0.2) is 42.7 Å². The lowest BCUT2D eigenvalue weighted by atomic mass is 10.1. The molecule has 5 nitrogen and oxygen atoms in total. The zero-order valence-corrected chi connectivity index (χ0v) is 14.1. The number of ether oxygens (including phenoxy) is 2. The van der Waals surface area contributed by atoms with Gasteiger partial charge in [-0.3, -0.25) is 4.98 Å². The highest BCUT2D eigenvalue weighted by molar-refractivity contribution is 7.80. The number of likely N-dealkylation sites (tertiary alicyclic amines) is 1. The second-order valence-corrected chi connectivity index (χ2v) is 6.31. The van der Waals surface area contributed by atoms with Crippen molar-refractivity contribution in [2.75, 3.05) is 25.1 Å². The maximum atomic E-state index is 5.65. The first-order valence-electron chi connectivity index (χ1n) is 8.18. The van der Waals surface area contributed by atoms with Gasteiger partial charge in [0.15, 0.2) is 16.6 Å². The maximum Gasteiger partial charge on any atom is 0.173 e. The molecule has 0 unspecified atom stereocenters. The molecule has 1 N–H and O–H groups in total. The summed E-state index contributed by atoms with van der Waals surface area (Å²) in [4.78, 5) is 6.35. The van der Waals surface area contributed by atoms with Gasteiger partial charge in [-0.05, 0) is 54.9 Å². The molecule has 0 amide bonds. The fourth-order valence-electron chi connectivity index (χ4n) is 3.26. The van der Waals surface area contributed by atoms with Crippen LogP contribution in [0.4, 0.5) is 5.69 Å². The first kappa shape index (κ1) is 15.2. The Bertz CT molecular complexity index is 738. The van der Waals surface area contributed by atoms with Gasteiger partial charge in [0.05, 0.1) is 6.04 Å². The molecule has 2 aliphatic heterocycles. The minimum atomic E-state index is 0.310. The van der Waals surface area contributed by atoms with Crippen LogP contribution in [0.1, 0.15) is 24.4 Å². The van der Waals surface area contributed by atoms with Crippen molar-refractivity contribution in [3.8, 4) is 11.5 Å². The second kappa shape index (κ2) is 6.65. The topological polar surface area (TPSA) is 46.6 Å². The van der Waals surface area contributed by atoms with Crippen molar-refractivity contribution in [2.45, 2.75) is 18.9 Å². The molecule has 0 aliphatic carbocycles. The summed E-state index contributed by atoms with van der Waals surface area (Å²) < 4.78 is 11.2. The quantitative estimate of drug-likeness (QED) is 0.845. The predicted octanol–water partition coefficient (Wildman–Crippen LogP) is 3.39. The Balaban J connectivity index is 1.49. The number of rotatable bonds is 2. The van der Waals surface area contributed by atoms with Gasteiger partial charge >= 0.3 is 0 Å². The van der Waals surface area contributed by atoms with Gasteiger partial charge in [0.2, 0.25) is 0 Å². The van der Waals surface area contributed by atoms with E-state index in [1.165, 1.54) is 5.56 Å². The monoisotopic (exact) mass is 341 g/mol. The molecule has 4 rings (SSSR count). The van der Waals surface area contributed by atoms with Crippen LogP contribution in [0.2, 0.25) is 0 Å². The lowest BCUT2D eigenvalue weighted by molar-refractivity contribution is 0.171. The summed E-state index contributed by atoms with van der Waals surface area (Å²) in [6.45, 7) is 2.14. The van der Waals surface area contributed by atoms with Crippen LogP contribution in [-0.2, 0) is 0 Å². The van der Waals surface area contributed by atoms with Crippen molar-refractivity contribution in [1.29, 1.82) is 0 Å². The van der Waals surface area contributed by atoms with E-state index in [0.29, 0.717) is 19.3 Å². The summed E-state index contributed by atoms with van der Waals surface area (Å²) in [7, 11) is 0. The van der Waals surface area contributed by atoms with Crippen LogP contribution in [0, 0.1) is 0 Å². The Hall–Kier alpha value is -2.34. The van der Waals surface area contributed by atoms with Crippen molar-refractivity contribution in [1.82, 2.24) is 9.88 Å². The highest BCUT2D eigenvalue weighted by Gasteiger charge is 2.28. The number of pyridine rings is 1. The minimum Gasteiger partial charge on any atom is -0.486 e. The van der Waals surface area contributed by atoms with Crippen molar-refractivity contribution in [3.63, 3.8) is 0 Å². The van der Waals surface area contributed by atoms with Crippen LogP contribution < -0.4 is 14.8 Å². The van der Waals surface area contributed by atoms with Gasteiger partial charge in [-0.25, -0.2) is 0 Å². The number of nitrogens with zero attached hydrogens (tertiary/aromatic N) is 2. The number of benzene rings is 1. The van der Waals surface area contributed by atoms with Crippen molar-refractivity contribution >= 4 is 23.0 Å². The first-order chi connectivity index (χ1) is 11.8. The predicted molar refractivity (Wildman–Crippen MR) is 96.6 cm³/mol. The van der Waals surface area contributed by atoms with E-state index in [2.05, 4.69) is 27.3 Å². The van der Waals surface area contributed by atoms with Gasteiger partial charge in [0.1, 0.15) is 13.2 Å². The van der Waals surface area contributed by atoms with Crippen molar-refractivity contribution < 1.29 is 9.47 Å². The number of hydrogen-bond donors (Lipinski definition) is 1. The van der Waals surface area contributed by atoms with Crippen LogP contribution in [0.25, 0.3) is 0 Å². The summed E-state index contributed by atoms with van der Waals surface area (Å²) in [6.07, 6.45) is 5.91. The van der Waals surface area contributed by atoms with E-state index in [0.717, 1.165) is 41.7 Å². The molecule has 0 radical (unpaired) electrons. The van der Waals surface area contributed by atoms with Gasteiger partial charge in [-0.2, -0.15) is 0 Å². The SMILES string of the molecule is S=C(Nc1ccc2c(c1)OCCO2)N1CCC[C@H]1c1ccncc1. The van der Waals surface area contributed by atoms with Crippen LogP contribution in [-0.4, -0.2) is 34.8 Å². The molecule has 0 bridgehead atoms. The standard InChI is InChI=1S/C18H19N3O2S/c24-18(20-14-3-4-16-17(12-14)23-11-10-22-16)21-9-1-2-15(21)13-5-7-19-8-6-13/h3-8,12,15H,1-2,9-11H2,(H,20,24)/t15-/m0/s1. The summed E-state index contributed by atoms with van der Waals surface area (Å²) in [5.41, 5.74) is 2.18. The summed E-state index contributed by atoms with van der Waals surface area (Å²) in [5.74, 6) is 1.55. The molecule has 3 heterocycles. The van der Waals surface area contributed by atoms with E-state index >= 15 is 0 Å². The molecular weight excluding hydrogens is 322 g/mol. The molecule has 1 saturated heterocycles. The van der Waals surface area contributed by atoms with Crippen molar-refractivity contribution in [2.24, 2.45) is 0 Å². The fourth-order valence-corrected chi connectivity index (χ4v) is 3.59. The van der Waals surface area contributed by atoms with E-state index in [4.69, 9.17) is 21.7 Å². The third-order valence-corrected chi connectivity index (χ3v) is 4.73. The Morgan fingerprint density at radius 3 is 2.75 bits per heavy atom. The lowest BCUT2D eigenvalue weighted by Gasteiger charge is -2.28. The zero-order valence-electron chi connectivity index (χ0n) is 13.3. The average Bonchev–Trinajstić information content (AvgIpc) is 3.12. The minimum absolute atomic E-state index is 0.310. The van der Waals surface area contributed by atoms with Crippen LogP contribution in [0.3, 0.4) is 0 Å². The summed E-state index contributed by atoms with van der Waals surface area (Å²) >= 11 is 5.65. The molecule has 0 saturated carbocycles. The molecule has 1 fully saturated rings. The number of anilines is 1. The van der Waals surface area contributed by atoms with E-state index in [1.54, 1.807) is 0 Å². The molecule has 1 aromatic heterocycles.